The number of halogens is 1. The van der Waals surface area contributed by atoms with E-state index in [-0.39, 0.29) is 0 Å². The van der Waals surface area contributed by atoms with Gasteiger partial charge in [0.2, 0.25) is 0 Å². The molecule has 1 fully saturated rings. The van der Waals surface area contributed by atoms with Crippen LogP contribution in [0.1, 0.15) is 26.2 Å². The summed E-state index contributed by atoms with van der Waals surface area (Å²) in [6.07, 6.45) is 2.87. The second kappa shape index (κ2) is 2.65. The van der Waals surface area contributed by atoms with Gasteiger partial charge in [-0.1, -0.05) is 0 Å². The lowest BCUT2D eigenvalue weighted by Gasteiger charge is -2.16. The smallest absolute Gasteiger partial charge is 0.120 e. The minimum atomic E-state index is -0.948. The number of alkyl halides is 1. The van der Waals surface area contributed by atoms with Gasteiger partial charge in [-0.05, 0) is 32.7 Å². The lowest BCUT2D eigenvalue weighted by molar-refractivity contribution is 0.179. The van der Waals surface area contributed by atoms with Crippen molar-refractivity contribution in [2.75, 3.05) is 13.1 Å². The first kappa shape index (κ1) is 7.00. The van der Waals surface area contributed by atoms with E-state index >= 15 is 0 Å². The number of rotatable bonds is 0. The van der Waals surface area contributed by atoms with Crippen molar-refractivity contribution in [3.8, 4) is 0 Å². The molecule has 1 aliphatic rings. The number of hydrogen-bond donors (Lipinski definition) is 1. The topological polar surface area (TPSA) is 12.0 Å². The SMILES string of the molecule is C[C@]1(F)CCCCNC1. The predicted molar refractivity (Wildman–Crippen MR) is 36.2 cm³/mol. The fraction of sp³-hybridized carbons (Fsp3) is 1.00. The van der Waals surface area contributed by atoms with Crippen LogP contribution in [0, 0.1) is 0 Å². The summed E-state index contributed by atoms with van der Waals surface area (Å²) in [5.41, 5.74) is -0.948. The number of hydrogen-bond acceptors (Lipinski definition) is 1. The standard InChI is InChI=1S/C7H14FN/c1-7(8)4-2-3-5-9-6-7/h9H,2-6H2,1H3/t7-/m0/s1. The molecule has 1 heterocycles. The highest BCUT2D eigenvalue weighted by Gasteiger charge is 2.23. The van der Waals surface area contributed by atoms with Crippen LogP contribution in [0.3, 0.4) is 0 Å². The van der Waals surface area contributed by atoms with E-state index in [1.807, 2.05) is 0 Å². The third kappa shape index (κ3) is 2.31. The van der Waals surface area contributed by atoms with E-state index in [1.165, 1.54) is 0 Å². The van der Waals surface area contributed by atoms with Gasteiger partial charge in [0, 0.05) is 6.54 Å². The Kier molecular flexibility index (Phi) is 2.06. The Morgan fingerprint density at radius 3 is 3.00 bits per heavy atom. The molecule has 0 aliphatic carbocycles. The second-order valence-corrected chi connectivity index (χ2v) is 3.05. The average Bonchev–Trinajstić information content (AvgIpc) is 1.92. The second-order valence-electron chi connectivity index (χ2n) is 3.05. The van der Waals surface area contributed by atoms with Crippen LogP contribution in [0.4, 0.5) is 4.39 Å². The monoisotopic (exact) mass is 131 g/mol. The summed E-state index contributed by atoms with van der Waals surface area (Å²) < 4.78 is 13.1. The maximum Gasteiger partial charge on any atom is 0.120 e. The van der Waals surface area contributed by atoms with E-state index in [2.05, 4.69) is 5.32 Å². The summed E-state index contributed by atoms with van der Waals surface area (Å²) in [7, 11) is 0. The Labute approximate surface area is 55.6 Å². The van der Waals surface area contributed by atoms with Gasteiger partial charge >= 0.3 is 0 Å². The molecular weight excluding hydrogens is 117 g/mol. The maximum atomic E-state index is 13.1. The summed E-state index contributed by atoms with van der Waals surface area (Å²) in [5, 5.41) is 3.06. The molecule has 0 unspecified atom stereocenters. The zero-order chi connectivity index (χ0) is 6.74. The van der Waals surface area contributed by atoms with Crippen LogP contribution in [0.25, 0.3) is 0 Å². The first-order valence-electron chi connectivity index (χ1n) is 3.60. The van der Waals surface area contributed by atoms with Gasteiger partial charge in [-0.3, -0.25) is 0 Å². The average molecular weight is 131 g/mol. The van der Waals surface area contributed by atoms with Crippen molar-refractivity contribution in [1.29, 1.82) is 0 Å². The van der Waals surface area contributed by atoms with Crippen LogP contribution in [0.5, 0.6) is 0 Å². The summed E-state index contributed by atoms with van der Waals surface area (Å²) >= 11 is 0. The van der Waals surface area contributed by atoms with Gasteiger partial charge in [0.25, 0.3) is 0 Å². The molecule has 9 heavy (non-hydrogen) atoms. The molecule has 0 radical (unpaired) electrons. The third-order valence-corrected chi connectivity index (χ3v) is 1.80. The van der Waals surface area contributed by atoms with Gasteiger partial charge in [-0.25, -0.2) is 4.39 Å². The van der Waals surface area contributed by atoms with Crippen molar-refractivity contribution in [2.45, 2.75) is 31.9 Å². The van der Waals surface area contributed by atoms with Crippen LogP contribution < -0.4 is 5.32 Å². The molecule has 1 rings (SSSR count). The molecule has 0 aromatic heterocycles. The van der Waals surface area contributed by atoms with Crippen molar-refractivity contribution < 1.29 is 4.39 Å². The number of nitrogens with one attached hydrogen (secondary N) is 1. The molecule has 0 bridgehead atoms. The minimum absolute atomic E-state index is 0.535. The fourth-order valence-corrected chi connectivity index (χ4v) is 1.18. The van der Waals surface area contributed by atoms with E-state index in [4.69, 9.17) is 0 Å². The Morgan fingerprint density at radius 1 is 1.44 bits per heavy atom. The van der Waals surface area contributed by atoms with Crippen molar-refractivity contribution in [3.63, 3.8) is 0 Å². The molecule has 1 saturated heterocycles. The van der Waals surface area contributed by atoms with E-state index in [0.717, 1.165) is 25.8 Å². The quantitative estimate of drug-likeness (QED) is 0.525. The van der Waals surface area contributed by atoms with Crippen molar-refractivity contribution >= 4 is 0 Å². The van der Waals surface area contributed by atoms with Crippen LogP contribution in [0.2, 0.25) is 0 Å². The molecule has 0 amide bonds. The third-order valence-electron chi connectivity index (χ3n) is 1.80. The molecule has 1 atom stereocenters. The zero-order valence-corrected chi connectivity index (χ0v) is 5.91. The molecule has 0 aromatic rings. The predicted octanol–water partition coefficient (Wildman–Crippen LogP) is 1.49. The van der Waals surface area contributed by atoms with Gasteiger partial charge in [-0.2, -0.15) is 0 Å². The fourth-order valence-electron chi connectivity index (χ4n) is 1.18. The molecular formula is C7H14FN. The molecule has 0 spiro atoms. The Bertz CT molecular complexity index is 80.9. The highest BCUT2D eigenvalue weighted by molar-refractivity contribution is 4.78. The largest absolute Gasteiger partial charge is 0.314 e. The Hall–Kier alpha value is -0.110. The first-order chi connectivity index (χ1) is 4.21. The van der Waals surface area contributed by atoms with Crippen LogP contribution >= 0.6 is 0 Å². The molecule has 0 saturated carbocycles. The molecule has 2 heteroatoms. The minimum Gasteiger partial charge on any atom is -0.314 e. The van der Waals surface area contributed by atoms with Crippen molar-refractivity contribution in [2.24, 2.45) is 0 Å². The molecule has 54 valence electrons. The first-order valence-corrected chi connectivity index (χ1v) is 3.60. The van der Waals surface area contributed by atoms with Gasteiger partial charge in [0.1, 0.15) is 5.67 Å². The van der Waals surface area contributed by atoms with Gasteiger partial charge < -0.3 is 5.32 Å². The van der Waals surface area contributed by atoms with Gasteiger partial charge in [0.05, 0.1) is 0 Å². The lowest BCUT2D eigenvalue weighted by atomic mass is 10.0. The summed E-state index contributed by atoms with van der Waals surface area (Å²) in [4.78, 5) is 0. The zero-order valence-electron chi connectivity index (χ0n) is 5.91. The van der Waals surface area contributed by atoms with Crippen molar-refractivity contribution in [1.82, 2.24) is 5.32 Å². The van der Waals surface area contributed by atoms with Gasteiger partial charge in [-0.15, -0.1) is 0 Å². The van der Waals surface area contributed by atoms with Crippen LogP contribution in [-0.2, 0) is 0 Å². The van der Waals surface area contributed by atoms with E-state index in [0.29, 0.717) is 6.54 Å². The molecule has 0 aromatic carbocycles. The Balaban J connectivity index is 2.36. The van der Waals surface area contributed by atoms with Crippen LogP contribution in [0.15, 0.2) is 0 Å². The van der Waals surface area contributed by atoms with E-state index in [1.54, 1.807) is 6.92 Å². The van der Waals surface area contributed by atoms with Crippen molar-refractivity contribution in [3.05, 3.63) is 0 Å². The maximum absolute atomic E-state index is 13.1. The highest BCUT2D eigenvalue weighted by atomic mass is 19.1. The lowest BCUT2D eigenvalue weighted by Crippen LogP contribution is -2.31. The molecule has 1 aliphatic heterocycles. The van der Waals surface area contributed by atoms with E-state index < -0.39 is 5.67 Å². The highest BCUT2D eigenvalue weighted by Crippen LogP contribution is 2.19. The Morgan fingerprint density at radius 2 is 2.22 bits per heavy atom. The van der Waals surface area contributed by atoms with E-state index in [9.17, 15) is 4.39 Å². The van der Waals surface area contributed by atoms with Gasteiger partial charge in [0.15, 0.2) is 0 Å². The molecule has 1 nitrogen and oxygen atoms in total. The summed E-state index contributed by atoms with van der Waals surface area (Å²) in [5.74, 6) is 0. The normalized spacial score (nSPS) is 38.0. The molecule has 1 N–H and O–H groups in total. The summed E-state index contributed by atoms with van der Waals surface area (Å²) in [6, 6.07) is 0. The summed E-state index contributed by atoms with van der Waals surface area (Å²) in [6.45, 7) is 3.19. The van der Waals surface area contributed by atoms with Crippen LogP contribution in [-0.4, -0.2) is 18.8 Å².